The lowest BCUT2D eigenvalue weighted by molar-refractivity contribution is 0.260. The first kappa shape index (κ1) is 28.9. The molecule has 0 saturated heterocycles. The van der Waals surface area contributed by atoms with Crippen molar-refractivity contribution in [2.45, 2.75) is 37.7 Å². The highest BCUT2D eigenvalue weighted by molar-refractivity contribution is 5.87. The zero-order chi connectivity index (χ0) is 33.0. The second-order valence-corrected chi connectivity index (χ2v) is 13.3. The van der Waals surface area contributed by atoms with E-state index in [1.807, 2.05) is 30.3 Å². The summed E-state index contributed by atoms with van der Waals surface area (Å²) in [5.74, 6) is 3.75. The predicted octanol–water partition coefficient (Wildman–Crippen LogP) is 10.6. The summed E-state index contributed by atoms with van der Waals surface area (Å²) in [6.07, 6.45) is 17.2. The average molecular weight is 648 g/mol. The summed E-state index contributed by atoms with van der Waals surface area (Å²) in [4.78, 5) is 15.4. The van der Waals surface area contributed by atoms with Crippen LogP contribution >= 0.6 is 0 Å². The van der Waals surface area contributed by atoms with Crippen LogP contribution in [-0.2, 0) is 6.42 Å². The topological polar surface area (TPSA) is 61.0 Å². The van der Waals surface area contributed by atoms with Gasteiger partial charge in [-0.2, -0.15) is 0 Å². The van der Waals surface area contributed by atoms with Crippen LogP contribution in [0.5, 0.6) is 5.75 Å². The van der Waals surface area contributed by atoms with Crippen LogP contribution < -0.4 is 4.74 Å². The summed E-state index contributed by atoms with van der Waals surface area (Å²) < 4.78 is 13.1. The Hall–Kier alpha value is -6.07. The third-order valence-electron chi connectivity index (χ3n) is 10.3. The molecular weight excluding hydrogens is 615 g/mol. The van der Waals surface area contributed by atoms with Crippen LogP contribution in [0.25, 0.3) is 51.0 Å². The van der Waals surface area contributed by atoms with Crippen molar-refractivity contribution < 1.29 is 9.15 Å². The molecule has 0 saturated carbocycles. The Kier molecular flexibility index (Phi) is 6.83. The van der Waals surface area contributed by atoms with Gasteiger partial charge in [-0.3, -0.25) is 0 Å². The van der Waals surface area contributed by atoms with Gasteiger partial charge in [0, 0.05) is 33.2 Å². The quantitative estimate of drug-likeness (QED) is 0.186. The Balaban J connectivity index is 1.10. The molecule has 50 heavy (non-hydrogen) atoms. The van der Waals surface area contributed by atoms with Crippen LogP contribution in [0.1, 0.15) is 53.5 Å². The molecule has 2 atom stereocenters. The van der Waals surface area contributed by atoms with E-state index in [-0.39, 0.29) is 12.0 Å². The number of rotatable bonds is 5. The number of nitrogens with zero attached hydrogens (tertiary/aromatic N) is 3. The number of allylic oxidation sites excluding steroid dienone is 6. The number of fused-ring (bicyclic) bond motifs is 6. The van der Waals surface area contributed by atoms with E-state index >= 15 is 0 Å². The minimum absolute atomic E-state index is 0.0737. The summed E-state index contributed by atoms with van der Waals surface area (Å²) in [7, 11) is 0. The fraction of sp³-hybridized carbons (Fsp3) is 0.133. The Morgan fingerprint density at radius 1 is 0.620 bits per heavy atom. The fourth-order valence-corrected chi connectivity index (χ4v) is 7.87. The third-order valence-corrected chi connectivity index (χ3v) is 10.3. The molecule has 3 aliphatic carbocycles. The zero-order valence-electron chi connectivity index (χ0n) is 27.4. The van der Waals surface area contributed by atoms with Crippen LogP contribution in [0, 0.1) is 0 Å². The van der Waals surface area contributed by atoms with E-state index in [0.717, 1.165) is 65.0 Å². The Morgan fingerprint density at radius 3 is 2.18 bits per heavy atom. The molecule has 0 amide bonds. The first-order valence-corrected chi connectivity index (χ1v) is 17.4. The van der Waals surface area contributed by atoms with Crippen molar-refractivity contribution in [3.63, 3.8) is 0 Å². The van der Waals surface area contributed by atoms with Crippen molar-refractivity contribution in [3.05, 3.63) is 173 Å². The molecule has 3 heterocycles. The highest BCUT2D eigenvalue weighted by Crippen LogP contribution is 2.52. The molecule has 2 aromatic heterocycles. The third kappa shape index (κ3) is 4.88. The molecule has 6 aromatic rings. The van der Waals surface area contributed by atoms with Gasteiger partial charge in [0.2, 0.25) is 0 Å². The van der Waals surface area contributed by atoms with Gasteiger partial charge in [-0.15, -0.1) is 0 Å². The van der Waals surface area contributed by atoms with E-state index < -0.39 is 0 Å². The van der Waals surface area contributed by atoms with Crippen LogP contribution in [0.15, 0.2) is 149 Å². The molecule has 10 rings (SSSR count). The van der Waals surface area contributed by atoms with E-state index in [1.54, 1.807) is 0 Å². The molecule has 0 fully saturated rings. The SMILES string of the molecule is C1=CC(c2ccc(-c3nc(C4=CC=C(C5=Cc6oc7ccccc7c6CC5)C5Oc6ccccc6C45)nc(-c4ccccc4)n3)cc2)=CCC1. The van der Waals surface area contributed by atoms with E-state index in [1.165, 1.54) is 33.2 Å². The maximum Gasteiger partial charge on any atom is 0.164 e. The highest BCUT2D eigenvalue weighted by atomic mass is 16.5. The van der Waals surface area contributed by atoms with Crippen molar-refractivity contribution in [2.24, 2.45) is 0 Å². The maximum atomic E-state index is 6.81. The first-order chi connectivity index (χ1) is 24.8. The number of furan rings is 1. The normalized spacial score (nSPS) is 19.0. The summed E-state index contributed by atoms with van der Waals surface area (Å²) >= 11 is 0. The minimum Gasteiger partial charge on any atom is -0.484 e. The second kappa shape index (κ2) is 11.8. The van der Waals surface area contributed by atoms with E-state index in [4.69, 9.17) is 24.1 Å². The average Bonchev–Trinajstić information content (AvgIpc) is 3.77. The molecule has 2 unspecified atom stereocenters. The fourth-order valence-electron chi connectivity index (χ4n) is 7.87. The number of ether oxygens (including phenoxy) is 1. The molecule has 4 aromatic carbocycles. The molecule has 0 bridgehead atoms. The van der Waals surface area contributed by atoms with Crippen LogP contribution in [0.3, 0.4) is 0 Å². The number of hydrogen-bond donors (Lipinski definition) is 0. The summed E-state index contributed by atoms with van der Waals surface area (Å²) in [5, 5.41) is 1.21. The molecule has 0 radical (unpaired) electrons. The highest BCUT2D eigenvalue weighted by Gasteiger charge is 2.43. The van der Waals surface area contributed by atoms with Gasteiger partial charge in [0.05, 0.1) is 5.92 Å². The number of aryl methyl sites for hydroxylation is 1. The van der Waals surface area contributed by atoms with Crippen molar-refractivity contribution in [1.82, 2.24) is 15.0 Å². The van der Waals surface area contributed by atoms with E-state index in [0.29, 0.717) is 17.5 Å². The summed E-state index contributed by atoms with van der Waals surface area (Å²) in [5.41, 5.74) is 11.2. The van der Waals surface area contributed by atoms with Crippen molar-refractivity contribution >= 4 is 28.2 Å². The van der Waals surface area contributed by atoms with Crippen LogP contribution in [0.4, 0.5) is 0 Å². The zero-order valence-corrected chi connectivity index (χ0v) is 27.4. The predicted molar refractivity (Wildman–Crippen MR) is 199 cm³/mol. The van der Waals surface area contributed by atoms with Gasteiger partial charge in [0.1, 0.15) is 23.2 Å². The van der Waals surface area contributed by atoms with E-state index in [2.05, 4.69) is 109 Å². The van der Waals surface area contributed by atoms with E-state index in [9.17, 15) is 0 Å². The summed E-state index contributed by atoms with van der Waals surface area (Å²) in [6, 6.07) is 35.5. The van der Waals surface area contributed by atoms with Crippen LogP contribution in [0.2, 0.25) is 0 Å². The molecule has 4 aliphatic rings. The molecule has 240 valence electrons. The number of aromatic nitrogens is 3. The molecular formula is C45H33N3O2. The molecule has 5 heteroatoms. The van der Waals surface area contributed by atoms with Gasteiger partial charge in [0.25, 0.3) is 0 Å². The van der Waals surface area contributed by atoms with Crippen molar-refractivity contribution in [1.29, 1.82) is 0 Å². The first-order valence-electron chi connectivity index (χ1n) is 17.4. The second-order valence-electron chi connectivity index (χ2n) is 13.3. The number of para-hydroxylation sites is 2. The Morgan fingerprint density at radius 2 is 1.34 bits per heavy atom. The minimum atomic E-state index is -0.207. The monoisotopic (exact) mass is 647 g/mol. The molecule has 1 aliphatic heterocycles. The maximum absolute atomic E-state index is 6.81. The molecule has 5 nitrogen and oxygen atoms in total. The summed E-state index contributed by atoms with van der Waals surface area (Å²) in [6.45, 7) is 0. The van der Waals surface area contributed by atoms with Gasteiger partial charge in [-0.25, -0.2) is 15.0 Å². The van der Waals surface area contributed by atoms with Gasteiger partial charge in [0.15, 0.2) is 17.5 Å². The lowest BCUT2D eigenvalue weighted by Gasteiger charge is -2.29. The molecule has 0 spiro atoms. The van der Waals surface area contributed by atoms with Crippen LogP contribution in [-0.4, -0.2) is 21.1 Å². The van der Waals surface area contributed by atoms with Crippen molar-refractivity contribution in [2.75, 3.05) is 0 Å². The standard InChI is InChI=1S/C45H33N3O2/c1-3-11-28(12-4-1)29-19-21-31(22-20-29)44-46-43(30-13-5-2-6-14-30)47-45(48-44)37-26-25-33(42-41(37)36-16-8-10-18-39(36)50-42)32-23-24-35-34-15-7-9-17-38(34)49-40(35)27-32/h2-3,5-22,25-27,41-42H,1,4,23-24H2. The smallest absolute Gasteiger partial charge is 0.164 e. The number of hydrogen-bond acceptors (Lipinski definition) is 5. The number of benzene rings is 4. The van der Waals surface area contributed by atoms with Gasteiger partial charge in [-0.1, -0.05) is 121 Å². The Bertz CT molecular complexity index is 2460. The molecule has 0 N–H and O–H groups in total. The van der Waals surface area contributed by atoms with Gasteiger partial charge in [-0.05, 0) is 66.2 Å². The van der Waals surface area contributed by atoms with Gasteiger partial charge >= 0.3 is 0 Å². The van der Waals surface area contributed by atoms with Crippen molar-refractivity contribution in [3.8, 4) is 28.5 Å². The Labute approximate surface area is 290 Å². The lowest BCUT2D eigenvalue weighted by Crippen LogP contribution is -2.27. The largest absolute Gasteiger partial charge is 0.484 e. The van der Waals surface area contributed by atoms with Gasteiger partial charge < -0.3 is 9.15 Å². The lowest BCUT2D eigenvalue weighted by atomic mass is 9.77.